The average molecular weight is 400 g/mol. The fraction of sp³-hybridized carbons (Fsp3) is 0.778. The van der Waals surface area contributed by atoms with Crippen LogP contribution in [0.4, 0.5) is 0 Å². The molecule has 0 aromatic carbocycles. The molecule has 2 aliphatic rings. The molecule has 1 unspecified atom stereocenters. The highest BCUT2D eigenvalue weighted by molar-refractivity contribution is 7.88. The summed E-state index contributed by atoms with van der Waals surface area (Å²) in [6.45, 7) is 3.46. The molecule has 2 fully saturated rings. The lowest BCUT2D eigenvalue weighted by molar-refractivity contribution is -0.164. The molecule has 0 aromatic rings. The summed E-state index contributed by atoms with van der Waals surface area (Å²) < 4.78 is 30.4. The molecule has 8 nitrogen and oxygen atoms in total. The Labute approximate surface area is 161 Å². The van der Waals surface area contributed by atoms with E-state index in [1.165, 1.54) is 0 Å². The van der Waals surface area contributed by atoms with E-state index >= 15 is 0 Å². The van der Waals surface area contributed by atoms with Gasteiger partial charge in [-0.15, -0.1) is 11.8 Å². The molecular weight excluding hydrogens is 370 g/mol. The molecule has 1 atom stereocenters. The zero-order valence-electron chi connectivity index (χ0n) is 16.0. The fourth-order valence-corrected chi connectivity index (χ4v) is 3.85. The van der Waals surface area contributed by atoms with Crippen molar-refractivity contribution in [2.24, 2.45) is 0 Å². The van der Waals surface area contributed by atoms with E-state index < -0.39 is 10.0 Å². The van der Waals surface area contributed by atoms with Crippen molar-refractivity contribution in [1.29, 1.82) is 0 Å². The van der Waals surface area contributed by atoms with E-state index in [4.69, 9.17) is 4.74 Å². The molecule has 152 valence electrons. The van der Waals surface area contributed by atoms with Crippen LogP contribution >= 0.6 is 0 Å². The van der Waals surface area contributed by atoms with Gasteiger partial charge in [0.1, 0.15) is 5.60 Å². The van der Waals surface area contributed by atoms with E-state index in [1.807, 2.05) is 0 Å². The number of hydrogen-bond acceptors (Lipinski definition) is 5. The van der Waals surface area contributed by atoms with Gasteiger partial charge in [0.15, 0.2) is 0 Å². The van der Waals surface area contributed by atoms with E-state index in [0.717, 1.165) is 31.9 Å². The van der Waals surface area contributed by atoms with Crippen LogP contribution in [0.5, 0.6) is 0 Å². The summed E-state index contributed by atoms with van der Waals surface area (Å²) in [6, 6.07) is 0. The summed E-state index contributed by atoms with van der Waals surface area (Å²) in [5.74, 6) is 5.69. The minimum atomic E-state index is -3.27. The zero-order valence-corrected chi connectivity index (χ0v) is 16.9. The number of carbonyl (C=O) groups is 2. The van der Waals surface area contributed by atoms with Gasteiger partial charge in [0.25, 0.3) is 0 Å². The maximum atomic E-state index is 12.1. The number of amides is 2. The first-order valence-corrected chi connectivity index (χ1v) is 11.2. The smallest absolute Gasteiger partial charge is 0.224 e. The lowest BCUT2D eigenvalue weighted by atomic mass is 9.90. The summed E-state index contributed by atoms with van der Waals surface area (Å²) in [6.07, 6.45) is 4.88. The van der Waals surface area contributed by atoms with Gasteiger partial charge in [0, 0.05) is 32.4 Å². The lowest BCUT2D eigenvalue weighted by Gasteiger charge is -2.47. The normalized spacial score (nSPS) is 20.7. The number of nitrogens with one attached hydrogen (secondary N) is 2. The monoisotopic (exact) mass is 399 g/mol. The maximum Gasteiger partial charge on any atom is 0.224 e. The van der Waals surface area contributed by atoms with Crippen molar-refractivity contribution < 1.29 is 22.7 Å². The van der Waals surface area contributed by atoms with Crippen molar-refractivity contribution in [2.45, 2.75) is 57.2 Å². The van der Waals surface area contributed by atoms with Crippen molar-refractivity contribution in [1.82, 2.24) is 14.9 Å². The summed E-state index contributed by atoms with van der Waals surface area (Å²) in [5.41, 5.74) is -0.300. The number of nitrogens with zero attached hydrogens (tertiary/aromatic N) is 1. The Balaban J connectivity index is 1.61. The Morgan fingerprint density at radius 1 is 1.30 bits per heavy atom. The van der Waals surface area contributed by atoms with E-state index in [-0.39, 0.29) is 36.5 Å². The van der Waals surface area contributed by atoms with E-state index in [2.05, 4.69) is 21.9 Å². The predicted octanol–water partition coefficient (Wildman–Crippen LogP) is -0.00450. The van der Waals surface area contributed by atoms with Gasteiger partial charge in [-0.25, -0.2) is 13.1 Å². The van der Waals surface area contributed by atoms with Crippen molar-refractivity contribution in [3.63, 3.8) is 0 Å². The van der Waals surface area contributed by atoms with Crippen LogP contribution in [0.15, 0.2) is 0 Å². The molecule has 0 aliphatic carbocycles. The molecule has 2 amide bonds. The molecule has 0 radical (unpaired) electrons. The SMILES string of the molecule is CC#CCCCC(=O)NCC1CCC2(CN(C(=O)CCNS(C)(=O)=O)C2)O1. The summed E-state index contributed by atoms with van der Waals surface area (Å²) in [7, 11) is -3.27. The Kier molecular flexibility index (Phi) is 7.65. The molecule has 2 N–H and O–H groups in total. The van der Waals surface area contributed by atoms with Crippen LogP contribution in [-0.4, -0.2) is 69.3 Å². The number of ether oxygens (including phenoxy) is 1. The van der Waals surface area contributed by atoms with Gasteiger partial charge < -0.3 is 15.0 Å². The summed E-state index contributed by atoms with van der Waals surface area (Å²) >= 11 is 0. The van der Waals surface area contributed by atoms with E-state index in [1.54, 1.807) is 11.8 Å². The summed E-state index contributed by atoms with van der Waals surface area (Å²) in [5, 5.41) is 2.91. The number of likely N-dealkylation sites (tertiary alicyclic amines) is 1. The van der Waals surface area contributed by atoms with Crippen molar-refractivity contribution in [2.75, 3.05) is 32.4 Å². The average Bonchev–Trinajstić information content (AvgIpc) is 2.99. The van der Waals surface area contributed by atoms with Crippen LogP contribution in [0.3, 0.4) is 0 Å². The second-order valence-electron chi connectivity index (χ2n) is 7.21. The van der Waals surface area contributed by atoms with Crippen molar-refractivity contribution >= 4 is 21.8 Å². The van der Waals surface area contributed by atoms with Crippen LogP contribution < -0.4 is 10.0 Å². The molecule has 2 rings (SSSR count). The maximum absolute atomic E-state index is 12.1. The third-order valence-electron chi connectivity index (χ3n) is 4.76. The number of sulfonamides is 1. The van der Waals surface area contributed by atoms with Crippen LogP contribution in [-0.2, 0) is 24.3 Å². The van der Waals surface area contributed by atoms with E-state index in [0.29, 0.717) is 26.1 Å². The topological polar surface area (TPSA) is 105 Å². The van der Waals surface area contributed by atoms with Gasteiger partial charge in [-0.2, -0.15) is 0 Å². The van der Waals surface area contributed by atoms with Gasteiger partial charge >= 0.3 is 0 Å². The van der Waals surface area contributed by atoms with Crippen LogP contribution in [0.1, 0.15) is 45.4 Å². The van der Waals surface area contributed by atoms with Crippen LogP contribution in [0.25, 0.3) is 0 Å². The standard InChI is InChI=1S/C18H29N3O5S/c1-3-4-5-6-7-16(22)19-12-15-8-10-18(26-15)13-21(14-18)17(23)9-11-20-27(2,24)25/h15,20H,5-14H2,1-2H3,(H,19,22). The highest BCUT2D eigenvalue weighted by Gasteiger charge is 2.50. The van der Waals surface area contributed by atoms with Gasteiger partial charge in [-0.05, 0) is 26.2 Å². The third-order valence-corrected chi connectivity index (χ3v) is 5.49. The Morgan fingerprint density at radius 3 is 2.70 bits per heavy atom. The van der Waals surface area contributed by atoms with Gasteiger partial charge in [-0.1, -0.05) is 0 Å². The molecular formula is C18H29N3O5S. The Hall–Kier alpha value is -1.63. The van der Waals surface area contributed by atoms with Crippen LogP contribution in [0.2, 0.25) is 0 Å². The molecule has 2 heterocycles. The van der Waals surface area contributed by atoms with Crippen LogP contribution in [0, 0.1) is 11.8 Å². The first-order chi connectivity index (χ1) is 12.7. The number of unbranched alkanes of at least 4 members (excludes halogenated alkanes) is 1. The molecule has 0 saturated carbocycles. The van der Waals surface area contributed by atoms with E-state index in [9.17, 15) is 18.0 Å². The summed E-state index contributed by atoms with van der Waals surface area (Å²) in [4.78, 5) is 25.6. The highest BCUT2D eigenvalue weighted by atomic mass is 32.2. The minimum absolute atomic E-state index is 0.0150. The van der Waals surface area contributed by atoms with Gasteiger partial charge in [0.05, 0.1) is 25.4 Å². The van der Waals surface area contributed by atoms with Gasteiger partial charge in [0.2, 0.25) is 21.8 Å². The zero-order chi connectivity index (χ0) is 19.9. The molecule has 0 bridgehead atoms. The van der Waals surface area contributed by atoms with Crippen molar-refractivity contribution in [3.8, 4) is 11.8 Å². The second kappa shape index (κ2) is 9.53. The molecule has 2 aliphatic heterocycles. The molecule has 9 heteroatoms. The first kappa shape index (κ1) is 21.7. The highest BCUT2D eigenvalue weighted by Crippen LogP contribution is 2.38. The quantitative estimate of drug-likeness (QED) is 0.419. The third kappa shape index (κ3) is 7.13. The predicted molar refractivity (Wildman–Crippen MR) is 101 cm³/mol. The molecule has 27 heavy (non-hydrogen) atoms. The first-order valence-electron chi connectivity index (χ1n) is 9.29. The molecule has 2 saturated heterocycles. The molecule has 0 aromatic heterocycles. The van der Waals surface area contributed by atoms with Crippen molar-refractivity contribution in [3.05, 3.63) is 0 Å². The number of hydrogen-bond donors (Lipinski definition) is 2. The Bertz CT molecular complexity index is 704. The Morgan fingerprint density at radius 2 is 2.04 bits per heavy atom. The minimum Gasteiger partial charge on any atom is -0.366 e. The fourth-order valence-electron chi connectivity index (χ4n) is 3.38. The molecule has 1 spiro atoms. The number of rotatable bonds is 9. The largest absolute Gasteiger partial charge is 0.366 e. The van der Waals surface area contributed by atoms with Gasteiger partial charge in [-0.3, -0.25) is 9.59 Å². The number of carbonyl (C=O) groups excluding carboxylic acids is 2. The second-order valence-corrected chi connectivity index (χ2v) is 9.05. The lowest BCUT2D eigenvalue weighted by Crippen LogP contribution is -2.63.